The third kappa shape index (κ3) is 1.68. The predicted molar refractivity (Wildman–Crippen MR) is 61.2 cm³/mol. The summed E-state index contributed by atoms with van der Waals surface area (Å²) in [6.45, 7) is 0. The highest BCUT2D eigenvalue weighted by Gasteiger charge is 2.44. The first-order chi connectivity index (χ1) is 8.78. The zero-order chi connectivity index (χ0) is 12.5. The molecule has 18 heavy (non-hydrogen) atoms. The van der Waals surface area contributed by atoms with Crippen LogP contribution >= 0.6 is 0 Å². The van der Waals surface area contributed by atoms with Crippen molar-refractivity contribution in [1.82, 2.24) is 5.32 Å². The molecule has 0 aromatic heterocycles. The number of hydrogen-bond donors (Lipinski definition) is 1. The van der Waals surface area contributed by atoms with Crippen molar-refractivity contribution in [1.29, 1.82) is 5.26 Å². The van der Waals surface area contributed by atoms with E-state index >= 15 is 0 Å². The molecule has 1 aromatic carbocycles. The van der Waals surface area contributed by atoms with Gasteiger partial charge in [-0.3, -0.25) is 5.32 Å². The number of ether oxygens (including phenoxy) is 2. The number of nitrogens with zero attached hydrogens (tertiary/aromatic N) is 1. The first-order valence-corrected chi connectivity index (χ1v) is 5.58. The van der Waals surface area contributed by atoms with Crippen LogP contribution in [0.25, 0.3) is 0 Å². The molecule has 0 saturated carbocycles. The van der Waals surface area contributed by atoms with Crippen molar-refractivity contribution in [2.45, 2.75) is 18.2 Å². The number of nitriles is 1. The fraction of sp³-hybridized carbons (Fsp3) is 0.231. The van der Waals surface area contributed by atoms with E-state index in [2.05, 4.69) is 5.32 Å². The summed E-state index contributed by atoms with van der Waals surface area (Å²) in [5.74, 6) is 0.0365. The quantitative estimate of drug-likeness (QED) is 0.812. The molecule has 1 saturated heterocycles. The number of alkyl carbamates (subject to hydrolysis) is 1. The summed E-state index contributed by atoms with van der Waals surface area (Å²) in [5, 5.41) is 11.5. The van der Waals surface area contributed by atoms with Crippen molar-refractivity contribution in [3.05, 3.63) is 47.7 Å². The van der Waals surface area contributed by atoms with Crippen LogP contribution < -0.4 is 5.32 Å². The Morgan fingerprint density at radius 3 is 2.72 bits per heavy atom. The molecular formula is C13H10N2O3. The molecule has 5 nitrogen and oxygen atoms in total. The van der Waals surface area contributed by atoms with E-state index in [0.29, 0.717) is 0 Å². The van der Waals surface area contributed by atoms with Crippen LogP contribution in [0.1, 0.15) is 11.5 Å². The van der Waals surface area contributed by atoms with E-state index in [1.165, 1.54) is 0 Å². The zero-order valence-corrected chi connectivity index (χ0v) is 9.37. The van der Waals surface area contributed by atoms with Crippen LogP contribution in [0.5, 0.6) is 0 Å². The van der Waals surface area contributed by atoms with Crippen molar-refractivity contribution in [3.8, 4) is 6.07 Å². The average Bonchev–Trinajstić information content (AvgIpc) is 2.78. The van der Waals surface area contributed by atoms with Gasteiger partial charge >= 0.3 is 6.09 Å². The summed E-state index contributed by atoms with van der Waals surface area (Å²) >= 11 is 0. The van der Waals surface area contributed by atoms with Gasteiger partial charge in [-0.15, -0.1) is 0 Å². The van der Waals surface area contributed by atoms with Gasteiger partial charge in [0.1, 0.15) is 6.07 Å². The molecule has 0 spiro atoms. The van der Waals surface area contributed by atoms with Crippen LogP contribution in [0.4, 0.5) is 4.79 Å². The Morgan fingerprint density at radius 2 is 2.00 bits per heavy atom. The minimum Gasteiger partial charge on any atom is -0.457 e. The van der Waals surface area contributed by atoms with Crippen LogP contribution in [-0.2, 0) is 9.47 Å². The minimum absolute atomic E-state index is 0.168. The summed E-state index contributed by atoms with van der Waals surface area (Å²) in [7, 11) is 0. The van der Waals surface area contributed by atoms with Crippen LogP contribution in [0.15, 0.2) is 42.2 Å². The van der Waals surface area contributed by atoms with E-state index in [1.807, 2.05) is 36.4 Å². The molecule has 0 radical (unpaired) electrons. The highest BCUT2D eigenvalue weighted by molar-refractivity contribution is 5.70. The molecule has 2 heterocycles. The van der Waals surface area contributed by atoms with Gasteiger partial charge in [0.15, 0.2) is 11.9 Å². The molecule has 90 valence electrons. The van der Waals surface area contributed by atoms with Crippen molar-refractivity contribution >= 4 is 6.09 Å². The second-order valence-corrected chi connectivity index (χ2v) is 4.13. The van der Waals surface area contributed by atoms with Crippen LogP contribution in [0.3, 0.4) is 0 Å². The Labute approximate surface area is 104 Å². The van der Waals surface area contributed by atoms with Gasteiger partial charge in [-0.05, 0) is 11.6 Å². The SMILES string of the molecule is N#CC1=CC(c2ccccc2)C2OC(=O)NC2O1. The monoisotopic (exact) mass is 242 g/mol. The number of nitrogens with one attached hydrogen (secondary N) is 1. The largest absolute Gasteiger partial charge is 0.457 e. The topological polar surface area (TPSA) is 71.3 Å². The number of rotatable bonds is 1. The molecule has 5 heteroatoms. The number of allylic oxidation sites excluding steroid dienone is 1. The number of amides is 1. The van der Waals surface area contributed by atoms with E-state index in [0.717, 1.165) is 5.56 Å². The number of hydrogen-bond acceptors (Lipinski definition) is 4. The molecule has 2 aliphatic rings. The molecule has 3 atom stereocenters. The van der Waals surface area contributed by atoms with Crippen LogP contribution in [-0.4, -0.2) is 18.4 Å². The summed E-state index contributed by atoms with van der Waals surface area (Å²) in [6.07, 6.45) is 0.148. The zero-order valence-electron chi connectivity index (χ0n) is 9.37. The maximum Gasteiger partial charge on any atom is 0.410 e. The summed E-state index contributed by atoms with van der Waals surface area (Å²) in [6, 6.07) is 11.6. The van der Waals surface area contributed by atoms with Gasteiger partial charge in [-0.2, -0.15) is 5.26 Å². The maximum absolute atomic E-state index is 11.3. The number of carbonyl (C=O) groups is 1. The molecular weight excluding hydrogens is 232 g/mol. The van der Waals surface area contributed by atoms with E-state index in [-0.39, 0.29) is 11.7 Å². The second-order valence-electron chi connectivity index (χ2n) is 4.13. The van der Waals surface area contributed by atoms with E-state index < -0.39 is 18.4 Å². The Kier molecular flexibility index (Phi) is 2.41. The molecule has 2 aliphatic heterocycles. The normalized spacial score (nSPS) is 29.2. The van der Waals surface area contributed by atoms with Crippen molar-refractivity contribution in [2.75, 3.05) is 0 Å². The third-order valence-corrected chi connectivity index (χ3v) is 3.04. The Balaban J connectivity index is 2.00. The van der Waals surface area contributed by atoms with Crippen LogP contribution in [0, 0.1) is 11.3 Å². The van der Waals surface area contributed by atoms with Crippen LogP contribution in [0.2, 0.25) is 0 Å². The molecule has 1 aromatic rings. The Morgan fingerprint density at radius 1 is 1.22 bits per heavy atom. The van der Waals surface area contributed by atoms with Crippen molar-refractivity contribution in [3.63, 3.8) is 0 Å². The third-order valence-electron chi connectivity index (χ3n) is 3.04. The lowest BCUT2D eigenvalue weighted by molar-refractivity contribution is 0.0130. The molecule has 0 aliphatic carbocycles. The highest BCUT2D eigenvalue weighted by Crippen LogP contribution is 2.34. The summed E-state index contributed by atoms with van der Waals surface area (Å²) in [5.41, 5.74) is 0.986. The fourth-order valence-electron chi connectivity index (χ4n) is 2.23. The van der Waals surface area contributed by atoms with Gasteiger partial charge in [0.05, 0.1) is 0 Å². The number of benzene rings is 1. The number of fused-ring (bicyclic) bond motifs is 1. The summed E-state index contributed by atoms with van der Waals surface area (Å²) < 4.78 is 10.5. The average molecular weight is 242 g/mol. The smallest absolute Gasteiger partial charge is 0.410 e. The number of carbonyl (C=O) groups excluding carboxylic acids is 1. The van der Waals surface area contributed by atoms with E-state index in [1.54, 1.807) is 6.08 Å². The maximum atomic E-state index is 11.3. The predicted octanol–water partition coefficient (Wildman–Crippen LogP) is 1.64. The van der Waals surface area contributed by atoms with Gasteiger partial charge in [0.25, 0.3) is 0 Å². The van der Waals surface area contributed by atoms with E-state index in [9.17, 15) is 4.79 Å². The lowest BCUT2D eigenvalue weighted by Crippen LogP contribution is -2.39. The van der Waals surface area contributed by atoms with Crippen molar-refractivity contribution < 1.29 is 14.3 Å². The lowest BCUT2D eigenvalue weighted by atomic mass is 9.90. The molecule has 1 fully saturated rings. The molecule has 1 amide bonds. The first-order valence-electron chi connectivity index (χ1n) is 5.58. The van der Waals surface area contributed by atoms with Gasteiger partial charge in [0.2, 0.25) is 6.23 Å². The van der Waals surface area contributed by atoms with Gasteiger partial charge in [0, 0.05) is 5.92 Å². The first kappa shape index (κ1) is 10.7. The van der Waals surface area contributed by atoms with Gasteiger partial charge < -0.3 is 9.47 Å². The molecule has 1 N–H and O–H groups in total. The van der Waals surface area contributed by atoms with Crippen molar-refractivity contribution in [2.24, 2.45) is 0 Å². The minimum atomic E-state index is -0.595. The van der Waals surface area contributed by atoms with E-state index in [4.69, 9.17) is 14.7 Å². The standard InChI is InChI=1S/C13H10N2O3/c14-7-9-6-10(8-4-2-1-3-5-8)11-12(17-9)15-13(16)18-11/h1-6,10-12H,(H,15,16). The van der Waals surface area contributed by atoms with Gasteiger partial charge in [-0.1, -0.05) is 30.3 Å². The lowest BCUT2D eigenvalue weighted by Gasteiger charge is -2.28. The highest BCUT2D eigenvalue weighted by atomic mass is 16.6. The Hall–Kier alpha value is -2.48. The summed E-state index contributed by atoms with van der Waals surface area (Å²) in [4.78, 5) is 11.3. The molecule has 0 bridgehead atoms. The Bertz CT molecular complexity index is 547. The van der Waals surface area contributed by atoms with Gasteiger partial charge in [-0.25, -0.2) is 4.79 Å². The fourth-order valence-corrected chi connectivity index (χ4v) is 2.23. The molecule has 3 unspecified atom stereocenters. The molecule has 3 rings (SSSR count). The second kappa shape index (κ2) is 4.08.